The molecule has 0 fully saturated rings. The van der Waals surface area contributed by atoms with E-state index in [9.17, 15) is 18.0 Å². The highest BCUT2D eigenvalue weighted by atomic mass is 35.5. The van der Waals surface area contributed by atoms with Gasteiger partial charge in [-0.1, -0.05) is 23.2 Å². The lowest BCUT2D eigenvalue weighted by molar-refractivity contribution is -0.141. The molecule has 0 spiro atoms. The molecule has 2 aromatic heterocycles. The summed E-state index contributed by atoms with van der Waals surface area (Å²) in [7, 11) is 0. The molecule has 13 nitrogen and oxygen atoms in total. The maximum atomic E-state index is 13.1. The van der Waals surface area contributed by atoms with Crippen molar-refractivity contribution in [1.29, 1.82) is 0 Å². The Kier molecular flexibility index (Phi) is 15.8. The van der Waals surface area contributed by atoms with Crippen molar-refractivity contribution in [1.82, 2.24) is 20.2 Å². The lowest BCUT2D eigenvalue weighted by atomic mass is 9.97. The lowest BCUT2D eigenvalue weighted by Crippen LogP contribution is -2.44. The Balaban J connectivity index is 0.000000916. The number of hydrogen-bond acceptors (Lipinski definition) is 8. The van der Waals surface area contributed by atoms with Gasteiger partial charge in [0, 0.05) is 47.8 Å². The van der Waals surface area contributed by atoms with Crippen LogP contribution in [0.25, 0.3) is 10.9 Å². The minimum Gasteiger partial charge on any atom is -0.483 e. The van der Waals surface area contributed by atoms with Crippen LogP contribution in [-0.4, -0.2) is 88.2 Å². The number of pyridine rings is 1. The number of nitrogens with one attached hydrogen (secondary N) is 3. The number of nitrogens with two attached hydrogens (primary N) is 1. The first-order valence-corrected chi connectivity index (χ1v) is 12.9. The first kappa shape index (κ1) is 36.9. The van der Waals surface area contributed by atoms with Gasteiger partial charge < -0.3 is 36.7 Å². The molecule has 3 heterocycles. The number of carbonyl (C=O) groups excluding carboxylic acids is 1. The zero-order valence-electron chi connectivity index (χ0n) is 22.3. The SMILES string of the molecule is NC(=O)CNCC1c2[nH]c3ccc(Cl)cc3c2CCN1CCNc1ccc(Cl)c(C(F)(F)F)n1.O=CO.O=CO.O=CO. The average molecular weight is 653 g/mol. The minimum absolute atomic E-state index is 0.0406. The number of halogens is 5. The third kappa shape index (κ3) is 11.6. The zero-order valence-corrected chi connectivity index (χ0v) is 23.8. The van der Waals surface area contributed by atoms with Crippen LogP contribution in [0.4, 0.5) is 19.0 Å². The molecule has 1 aliphatic heterocycles. The molecule has 4 rings (SSSR count). The molecule has 8 N–H and O–H groups in total. The number of amides is 1. The summed E-state index contributed by atoms with van der Waals surface area (Å²) in [5, 5.41) is 28.0. The number of fused-ring (bicyclic) bond motifs is 3. The maximum absolute atomic E-state index is 13.1. The van der Waals surface area contributed by atoms with Gasteiger partial charge >= 0.3 is 6.18 Å². The fraction of sp³-hybridized carbons (Fsp3) is 0.320. The third-order valence-electron chi connectivity index (χ3n) is 5.78. The molecule has 0 saturated carbocycles. The Morgan fingerprint density at radius 3 is 2.33 bits per heavy atom. The second-order valence-corrected chi connectivity index (χ2v) is 9.22. The number of alkyl halides is 3. The molecule has 43 heavy (non-hydrogen) atoms. The van der Waals surface area contributed by atoms with Crippen LogP contribution in [0.15, 0.2) is 30.3 Å². The molecule has 0 bridgehead atoms. The Labute approximate surface area is 252 Å². The van der Waals surface area contributed by atoms with Crippen LogP contribution in [0.3, 0.4) is 0 Å². The number of primary amides is 1. The number of aromatic nitrogens is 2. The minimum atomic E-state index is -4.63. The molecule has 1 unspecified atom stereocenters. The van der Waals surface area contributed by atoms with Gasteiger partial charge in [0.15, 0.2) is 5.69 Å². The summed E-state index contributed by atoms with van der Waals surface area (Å²) >= 11 is 11.8. The van der Waals surface area contributed by atoms with Crippen molar-refractivity contribution in [3.63, 3.8) is 0 Å². The molecule has 18 heteroatoms. The monoisotopic (exact) mass is 652 g/mol. The van der Waals surface area contributed by atoms with Crippen molar-refractivity contribution < 1.29 is 47.7 Å². The van der Waals surface area contributed by atoms with Crippen molar-refractivity contribution >= 4 is 65.2 Å². The number of carboxylic acid groups (broad SMARTS) is 3. The quantitative estimate of drug-likeness (QED) is 0.176. The number of benzene rings is 1. The highest BCUT2D eigenvalue weighted by molar-refractivity contribution is 6.31. The topological polar surface area (TPSA) is 211 Å². The number of H-pyrrole nitrogens is 1. The highest BCUT2D eigenvalue weighted by Gasteiger charge is 2.35. The van der Waals surface area contributed by atoms with Gasteiger partial charge in [0.05, 0.1) is 17.6 Å². The van der Waals surface area contributed by atoms with Crippen molar-refractivity contribution in [3.8, 4) is 0 Å². The van der Waals surface area contributed by atoms with Crippen LogP contribution in [0.5, 0.6) is 0 Å². The van der Waals surface area contributed by atoms with E-state index in [1.165, 1.54) is 17.7 Å². The predicted octanol–water partition coefficient (Wildman–Crippen LogP) is 3.08. The Hall–Kier alpha value is -4.12. The highest BCUT2D eigenvalue weighted by Crippen LogP contribution is 2.36. The molecule has 1 aromatic carbocycles. The molecule has 1 aliphatic rings. The largest absolute Gasteiger partial charge is 0.483 e. The van der Waals surface area contributed by atoms with Crippen LogP contribution >= 0.6 is 23.2 Å². The predicted molar refractivity (Wildman–Crippen MR) is 152 cm³/mol. The van der Waals surface area contributed by atoms with Gasteiger partial charge in [-0.25, -0.2) is 4.98 Å². The van der Waals surface area contributed by atoms with E-state index < -0.39 is 22.8 Å². The average Bonchev–Trinajstić information content (AvgIpc) is 3.29. The molecule has 236 valence electrons. The van der Waals surface area contributed by atoms with Gasteiger partial charge in [-0.2, -0.15) is 13.2 Å². The van der Waals surface area contributed by atoms with Crippen LogP contribution in [0.2, 0.25) is 10.0 Å². The van der Waals surface area contributed by atoms with Gasteiger partial charge in [0.1, 0.15) is 5.82 Å². The second-order valence-electron chi connectivity index (χ2n) is 8.37. The third-order valence-corrected chi connectivity index (χ3v) is 6.32. The van der Waals surface area contributed by atoms with E-state index in [0.29, 0.717) is 24.7 Å². The first-order chi connectivity index (χ1) is 20.4. The summed E-state index contributed by atoms with van der Waals surface area (Å²) < 4.78 is 39.3. The van der Waals surface area contributed by atoms with E-state index in [-0.39, 0.29) is 37.8 Å². The number of hydrogen-bond donors (Lipinski definition) is 7. The fourth-order valence-corrected chi connectivity index (χ4v) is 4.67. The fourth-order valence-electron chi connectivity index (χ4n) is 4.29. The standard InChI is InChI=1S/C22H23Cl2F3N6O.3CH2O2/c23-12-1-3-16-14(9-12)13-5-7-33(17(20(13)31-16)10-29-11-18(28)34)8-6-30-19-4-2-15(24)21(32-19)22(25,26)27;3*2-1-3/h1-4,9,17,29,31H,5-8,10-11H2,(H2,28,34)(H,30,32);3*1H,(H,2,3). The molecule has 1 amide bonds. The maximum Gasteiger partial charge on any atom is 0.434 e. The first-order valence-electron chi connectivity index (χ1n) is 12.1. The summed E-state index contributed by atoms with van der Waals surface area (Å²) in [5.41, 5.74) is 7.31. The normalized spacial score (nSPS) is 13.9. The van der Waals surface area contributed by atoms with E-state index in [4.69, 9.17) is 58.6 Å². The number of nitrogens with zero attached hydrogens (tertiary/aromatic N) is 2. The molecule has 0 aliphatic carbocycles. The molecule has 1 atom stereocenters. The van der Waals surface area contributed by atoms with Crippen molar-refractivity contribution in [2.24, 2.45) is 5.73 Å². The van der Waals surface area contributed by atoms with Crippen LogP contribution < -0.4 is 16.4 Å². The van der Waals surface area contributed by atoms with Gasteiger partial charge in [-0.05, 0) is 42.3 Å². The van der Waals surface area contributed by atoms with E-state index in [1.807, 2.05) is 18.2 Å². The molecule has 0 saturated heterocycles. The molecule has 3 aromatic rings. The number of aromatic amines is 1. The summed E-state index contributed by atoms with van der Waals surface area (Å²) in [5.74, 6) is -0.361. The van der Waals surface area contributed by atoms with Crippen LogP contribution in [0, 0.1) is 0 Å². The molecule has 0 radical (unpaired) electrons. The molecular weight excluding hydrogens is 624 g/mol. The van der Waals surface area contributed by atoms with Crippen LogP contribution in [0.1, 0.15) is 23.0 Å². The van der Waals surface area contributed by atoms with Gasteiger partial charge in [-0.3, -0.25) is 24.1 Å². The van der Waals surface area contributed by atoms with E-state index >= 15 is 0 Å². The van der Waals surface area contributed by atoms with E-state index in [2.05, 4.69) is 25.5 Å². The second kappa shape index (κ2) is 18.4. The Morgan fingerprint density at radius 2 is 1.74 bits per heavy atom. The lowest BCUT2D eigenvalue weighted by Gasteiger charge is -2.36. The summed E-state index contributed by atoms with van der Waals surface area (Å²) in [6, 6.07) is 8.18. The number of carbonyl (C=O) groups is 4. The molecular formula is C25H29Cl2F3N6O7. The Bertz CT molecular complexity index is 1350. The van der Waals surface area contributed by atoms with Gasteiger partial charge in [-0.15, -0.1) is 0 Å². The van der Waals surface area contributed by atoms with Gasteiger partial charge in [0.2, 0.25) is 5.91 Å². The van der Waals surface area contributed by atoms with Crippen molar-refractivity contribution in [2.75, 3.05) is 38.0 Å². The number of rotatable bonds is 8. The smallest absolute Gasteiger partial charge is 0.434 e. The van der Waals surface area contributed by atoms with Crippen LogP contribution in [-0.2, 0) is 31.8 Å². The zero-order chi connectivity index (χ0) is 32.6. The van der Waals surface area contributed by atoms with E-state index in [0.717, 1.165) is 29.6 Å². The summed E-state index contributed by atoms with van der Waals surface area (Å²) in [6.45, 7) is 1.37. The summed E-state index contributed by atoms with van der Waals surface area (Å²) in [4.78, 5) is 45.6. The Morgan fingerprint density at radius 1 is 1.12 bits per heavy atom. The van der Waals surface area contributed by atoms with Crippen molar-refractivity contribution in [2.45, 2.75) is 18.6 Å². The van der Waals surface area contributed by atoms with Crippen molar-refractivity contribution in [3.05, 3.63) is 57.3 Å². The van der Waals surface area contributed by atoms with E-state index in [1.54, 1.807) is 0 Å². The summed E-state index contributed by atoms with van der Waals surface area (Å²) in [6.07, 6.45) is -3.85. The number of anilines is 1. The van der Waals surface area contributed by atoms with Gasteiger partial charge in [0.25, 0.3) is 19.4 Å².